The minimum atomic E-state index is -0.0785. The molecular weight excluding hydrogens is 264 g/mol. The summed E-state index contributed by atoms with van der Waals surface area (Å²) >= 11 is 0. The molecule has 0 bridgehead atoms. The molecule has 0 spiro atoms. The van der Waals surface area contributed by atoms with Crippen LogP contribution in [0.1, 0.15) is 17.5 Å². The summed E-state index contributed by atoms with van der Waals surface area (Å²) in [6, 6.07) is 8.35. The number of anilines is 1. The fourth-order valence-electron chi connectivity index (χ4n) is 2.74. The highest BCUT2D eigenvalue weighted by molar-refractivity contribution is 5.76. The topological polar surface area (TPSA) is 61.0 Å². The zero-order chi connectivity index (χ0) is 14.8. The van der Waals surface area contributed by atoms with Crippen LogP contribution in [0.4, 0.5) is 5.69 Å². The molecule has 2 heterocycles. The quantitative estimate of drug-likeness (QED) is 0.903. The van der Waals surface area contributed by atoms with Gasteiger partial charge in [-0.25, -0.2) is 5.10 Å². The second kappa shape index (κ2) is 5.69. The predicted octanol–water partition coefficient (Wildman–Crippen LogP) is 1.86. The summed E-state index contributed by atoms with van der Waals surface area (Å²) in [5, 5.41) is 10.2. The molecule has 0 atom stereocenters. The highest BCUT2D eigenvalue weighted by Gasteiger charge is 2.18. The first-order valence-electron chi connectivity index (χ1n) is 7.24. The molecule has 1 aliphatic heterocycles. The molecule has 5 nitrogen and oxygen atoms in total. The Morgan fingerprint density at radius 1 is 1.24 bits per heavy atom. The molecule has 5 heteroatoms. The Kier molecular flexibility index (Phi) is 3.75. The van der Waals surface area contributed by atoms with Crippen molar-refractivity contribution in [2.75, 3.05) is 26.0 Å². The van der Waals surface area contributed by atoms with E-state index in [1.165, 1.54) is 5.56 Å². The molecule has 0 aliphatic carbocycles. The average molecular weight is 284 g/mol. The van der Waals surface area contributed by atoms with Crippen LogP contribution in [0.5, 0.6) is 0 Å². The zero-order valence-corrected chi connectivity index (χ0v) is 12.4. The minimum absolute atomic E-state index is 0.0785. The van der Waals surface area contributed by atoms with E-state index in [0.717, 1.165) is 48.4 Å². The van der Waals surface area contributed by atoms with Gasteiger partial charge in [-0.1, -0.05) is 24.3 Å². The van der Waals surface area contributed by atoms with Crippen LogP contribution in [0.3, 0.4) is 0 Å². The van der Waals surface area contributed by atoms with E-state index in [4.69, 9.17) is 0 Å². The summed E-state index contributed by atoms with van der Waals surface area (Å²) in [5.74, 6) is 0. The highest BCUT2D eigenvalue weighted by atomic mass is 16.1. The number of fused-ring (bicyclic) bond motifs is 1. The van der Waals surface area contributed by atoms with E-state index in [1.807, 2.05) is 0 Å². The van der Waals surface area contributed by atoms with Gasteiger partial charge in [0.05, 0.1) is 5.69 Å². The molecule has 21 heavy (non-hydrogen) atoms. The van der Waals surface area contributed by atoms with Crippen LogP contribution in [0.2, 0.25) is 0 Å². The van der Waals surface area contributed by atoms with Crippen molar-refractivity contribution in [2.45, 2.75) is 19.4 Å². The van der Waals surface area contributed by atoms with Gasteiger partial charge in [0.25, 0.3) is 5.56 Å². The molecule has 0 amide bonds. The second-order valence-electron chi connectivity index (χ2n) is 5.72. The number of nitrogens with one attached hydrogen (secondary N) is 2. The lowest BCUT2D eigenvalue weighted by atomic mass is 10.0. The molecule has 0 saturated carbocycles. The first-order chi connectivity index (χ1) is 10.1. The van der Waals surface area contributed by atoms with Gasteiger partial charge in [0.2, 0.25) is 0 Å². The second-order valence-corrected chi connectivity index (χ2v) is 5.72. The van der Waals surface area contributed by atoms with Gasteiger partial charge in [0.15, 0.2) is 0 Å². The molecule has 0 radical (unpaired) electrons. The smallest absolute Gasteiger partial charge is 0.269 e. The largest absolute Gasteiger partial charge is 0.383 e. The van der Waals surface area contributed by atoms with Gasteiger partial charge in [-0.05, 0) is 32.5 Å². The van der Waals surface area contributed by atoms with Gasteiger partial charge in [0, 0.05) is 24.2 Å². The van der Waals surface area contributed by atoms with Gasteiger partial charge < -0.3 is 10.2 Å². The Morgan fingerprint density at radius 2 is 2.00 bits per heavy atom. The summed E-state index contributed by atoms with van der Waals surface area (Å²) in [5.41, 5.74) is 4.76. The summed E-state index contributed by atoms with van der Waals surface area (Å²) < 4.78 is 0. The van der Waals surface area contributed by atoms with Gasteiger partial charge in [-0.2, -0.15) is 5.10 Å². The third-order valence-electron chi connectivity index (χ3n) is 3.71. The molecule has 1 aliphatic rings. The first kappa shape index (κ1) is 13.8. The maximum absolute atomic E-state index is 11.9. The number of H-pyrrole nitrogens is 1. The summed E-state index contributed by atoms with van der Waals surface area (Å²) in [7, 11) is 4.11. The maximum Gasteiger partial charge on any atom is 0.269 e. The monoisotopic (exact) mass is 284 g/mol. The SMILES string of the molecule is CN(C)Cc1ccc(-c2n[nH]c(=O)c3c2NCCC3)cc1. The van der Waals surface area contributed by atoms with Crippen LogP contribution in [-0.4, -0.2) is 35.7 Å². The van der Waals surface area contributed by atoms with Gasteiger partial charge in [-0.15, -0.1) is 0 Å². The van der Waals surface area contributed by atoms with Gasteiger partial charge in [0.1, 0.15) is 5.69 Å². The minimum Gasteiger partial charge on any atom is -0.383 e. The lowest BCUT2D eigenvalue weighted by Crippen LogP contribution is -2.24. The van der Waals surface area contributed by atoms with Crippen LogP contribution in [0, 0.1) is 0 Å². The highest BCUT2D eigenvalue weighted by Crippen LogP contribution is 2.29. The van der Waals surface area contributed by atoms with E-state index in [0.29, 0.717) is 0 Å². The fraction of sp³-hybridized carbons (Fsp3) is 0.375. The maximum atomic E-state index is 11.9. The Morgan fingerprint density at radius 3 is 2.71 bits per heavy atom. The normalized spacial score (nSPS) is 13.9. The molecular formula is C16H20N4O. The van der Waals surface area contributed by atoms with Crippen molar-refractivity contribution in [3.05, 3.63) is 45.7 Å². The lowest BCUT2D eigenvalue weighted by Gasteiger charge is -2.19. The van der Waals surface area contributed by atoms with Crippen molar-refractivity contribution >= 4 is 5.69 Å². The molecule has 3 rings (SSSR count). The van der Waals surface area contributed by atoms with Crippen LogP contribution in [0.15, 0.2) is 29.1 Å². The molecule has 110 valence electrons. The van der Waals surface area contributed by atoms with Crippen molar-refractivity contribution in [2.24, 2.45) is 0 Å². The molecule has 1 aromatic heterocycles. The van der Waals surface area contributed by atoms with Crippen LogP contribution >= 0.6 is 0 Å². The summed E-state index contributed by atoms with van der Waals surface area (Å²) in [6.07, 6.45) is 1.80. The molecule has 0 fully saturated rings. The summed E-state index contributed by atoms with van der Waals surface area (Å²) in [6.45, 7) is 1.81. The number of hydrogen-bond acceptors (Lipinski definition) is 4. The van der Waals surface area contributed by atoms with E-state index >= 15 is 0 Å². The number of benzene rings is 1. The van der Waals surface area contributed by atoms with Crippen molar-refractivity contribution in [3.63, 3.8) is 0 Å². The molecule has 0 unspecified atom stereocenters. The van der Waals surface area contributed by atoms with Gasteiger partial charge in [-0.3, -0.25) is 4.79 Å². The van der Waals surface area contributed by atoms with Crippen LogP contribution in [-0.2, 0) is 13.0 Å². The van der Waals surface area contributed by atoms with Crippen molar-refractivity contribution < 1.29 is 0 Å². The van der Waals surface area contributed by atoms with E-state index in [2.05, 4.69) is 58.8 Å². The van der Waals surface area contributed by atoms with E-state index in [-0.39, 0.29) is 5.56 Å². The van der Waals surface area contributed by atoms with Crippen molar-refractivity contribution in [1.82, 2.24) is 15.1 Å². The predicted molar refractivity (Wildman–Crippen MR) is 84.5 cm³/mol. The Labute approximate surface area is 124 Å². The summed E-state index contributed by atoms with van der Waals surface area (Å²) in [4.78, 5) is 14.0. The number of hydrogen-bond donors (Lipinski definition) is 2. The van der Waals surface area contributed by atoms with Gasteiger partial charge >= 0.3 is 0 Å². The zero-order valence-electron chi connectivity index (χ0n) is 12.4. The molecule has 1 aromatic carbocycles. The Balaban J connectivity index is 1.99. The van der Waals surface area contributed by atoms with E-state index in [9.17, 15) is 4.79 Å². The van der Waals surface area contributed by atoms with E-state index in [1.54, 1.807) is 0 Å². The Bertz CT molecular complexity index is 688. The van der Waals surface area contributed by atoms with Crippen LogP contribution < -0.4 is 10.9 Å². The average Bonchev–Trinajstić information content (AvgIpc) is 2.48. The third kappa shape index (κ3) is 2.83. The molecule has 0 saturated heterocycles. The number of nitrogens with zero attached hydrogens (tertiary/aromatic N) is 2. The van der Waals surface area contributed by atoms with Crippen molar-refractivity contribution in [1.29, 1.82) is 0 Å². The number of aromatic nitrogens is 2. The number of aromatic amines is 1. The number of rotatable bonds is 3. The molecule has 2 aromatic rings. The van der Waals surface area contributed by atoms with Crippen molar-refractivity contribution in [3.8, 4) is 11.3 Å². The van der Waals surface area contributed by atoms with E-state index < -0.39 is 0 Å². The fourth-order valence-corrected chi connectivity index (χ4v) is 2.74. The standard InChI is InChI=1S/C16H20N4O/c1-20(2)10-11-5-7-12(8-6-11)14-15-13(4-3-9-17-15)16(21)19-18-14/h5-8,17H,3-4,9-10H2,1-2H3,(H,19,21). The Hall–Kier alpha value is -2.14. The third-order valence-corrected chi connectivity index (χ3v) is 3.71. The molecule has 2 N–H and O–H groups in total. The lowest BCUT2D eigenvalue weighted by molar-refractivity contribution is 0.402. The van der Waals surface area contributed by atoms with Crippen LogP contribution in [0.25, 0.3) is 11.3 Å². The first-order valence-corrected chi connectivity index (χ1v) is 7.24.